The van der Waals surface area contributed by atoms with Gasteiger partial charge in [0.1, 0.15) is 11.6 Å². The maximum Gasteiger partial charge on any atom is 0.149 e. The lowest BCUT2D eigenvalue weighted by atomic mass is 10.2. The highest BCUT2D eigenvalue weighted by atomic mass is 15.3. The van der Waals surface area contributed by atoms with E-state index in [1.165, 1.54) is 5.69 Å². The molecule has 1 aromatic heterocycles. The van der Waals surface area contributed by atoms with Gasteiger partial charge in [-0.05, 0) is 12.1 Å². The molecule has 20 heavy (non-hydrogen) atoms. The molecule has 0 bridgehead atoms. The van der Waals surface area contributed by atoms with Gasteiger partial charge in [0.05, 0.1) is 12.4 Å². The minimum atomic E-state index is 0.813. The first-order chi connectivity index (χ1) is 9.86. The molecule has 0 atom stereocenters. The molecule has 2 aromatic rings. The lowest BCUT2D eigenvalue weighted by molar-refractivity contribution is 0.646. The van der Waals surface area contributed by atoms with Gasteiger partial charge < -0.3 is 15.1 Å². The van der Waals surface area contributed by atoms with Gasteiger partial charge in [-0.2, -0.15) is 0 Å². The number of rotatable bonds is 3. The smallest absolute Gasteiger partial charge is 0.149 e. The van der Waals surface area contributed by atoms with Crippen molar-refractivity contribution in [1.82, 2.24) is 9.97 Å². The van der Waals surface area contributed by atoms with E-state index in [0.717, 1.165) is 37.8 Å². The van der Waals surface area contributed by atoms with Crippen LogP contribution < -0.4 is 15.1 Å². The molecule has 2 heterocycles. The van der Waals surface area contributed by atoms with Crippen molar-refractivity contribution in [2.75, 3.05) is 48.3 Å². The summed E-state index contributed by atoms with van der Waals surface area (Å²) in [6.45, 7) is 3.96. The Hall–Kier alpha value is -2.30. The average molecular weight is 269 g/mol. The second kappa shape index (κ2) is 5.77. The maximum absolute atomic E-state index is 4.55. The van der Waals surface area contributed by atoms with E-state index in [0.29, 0.717) is 0 Å². The molecule has 1 fully saturated rings. The number of aromatic nitrogens is 2. The Bertz CT molecular complexity index is 549. The normalized spacial score (nSPS) is 15.2. The van der Waals surface area contributed by atoms with E-state index < -0.39 is 0 Å². The summed E-state index contributed by atoms with van der Waals surface area (Å²) >= 11 is 0. The highest BCUT2D eigenvalue weighted by molar-refractivity contribution is 5.50. The predicted molar refractivity (Wildman–Crippen MR) is 82.4 cm³/mol. The van der Waals surface area contributed by atoms with Gasteiger partial charge in [-0.3, -0.25) is 4.98 Å². The Morgan fingerprint density at radius 1 is 0.950 bits per heavy atom. The molecular weight excluding hydrogens is 250 g/mol. The Morgan fingerprint density at radius 2 is 1.65 bits per heavy atom. The molecule has 5 heteroatoms. The average Bonchev–Trinajstić information content (AvgIpc) is 2.56. The molecule has 1 N–H and O–H groups in total. The van der Waals surface area contributed by atoms with Crippen molar-refractivity contribution in [3.05, 3.63) is 42.7 Å². The van der Waals surface area contributed by atoms with Gasteiger partial charge in [-0.1, -0.05) is 18.2 Å². The van der Waals surface area contributed by atoms with Gasteiger partial charge in [0.25, 0.3) is 0 Å². The highest BCUT2D eigenvalue weighted by Crippen LogP contribution is 2.19. The molecule has 0 spiro atoms. The Labute approximate surface area is 119 Å². The van der Waals surface area contributed by atoms with Crippen molar-refractivity contribution >= 4 is 17.3 Å². The van der Waals surface area contributed by atoms with Crippen LogP contribution in [0.4, 0.5) is 17.3 Å². The summed E-state index contributed by atoms with van der Waals surface area (Å²) in [4.78, 5) is 13.5. The highest BCUT2D eigenvalue weighted by Gasteiger charge is 2.18. The predicted octanol–water partition coefficient (Wildman–Crippen LogP) is 1.84. The van der Waals surface area contributed by atoms with E-state index in [4.69, 9.17) is 0 Å². The summed E-state index contributed by atoms with van der Waals surface area (Å²) < 4.78 is 0. The van der Waals surface area contributed by atoms with Crippen LogP contribution in [0, 0.1) is 0 Å². The molecule has 0 saturated carbocycles. The molecule has 1 aliphatic heterocycles. The van der Waals surface area contributed by atoms with Gasteiger partial charge in [-0.15, -0.1) is 0 Å². The molecule has 5 nitrogen and oxygen atoms in total. The zero-order valence-corrected chi connectivity index (χ0v) is 11.7. The second-order valence-electron chi connectivity index (χ2n) is 4.82. The van der Waals surface area contributed by atoms with E-state index in [-0.39, 0.29) is 0 Å². The number of hydrogen-bond donors (Lipinski definition) is 1. The first kappa shape index (κ1) is 12.7. The van der Waals surface area contributed by atoms with Crippen LogP contribution in [0.5, 0.6) is 0 Å². The summed E-state index contributed by atoms with van der Waals surface area (Å²) in [5, 5.41) is 3.03. The van der Waals surface area contributed by atoms with E-state index in [1.54, 1.807) is 6.20 Å². The Balaban J connectivity index is 1.66. The van der Waals surface area contributed by atoms with Gasteiger partial charge in [0.15, 0.2) is 0 Å². The molecule has 104 valence electrons. The fourth-order valence-corrected chi connectivity index (χ4v) is 2.46. The van der Waals surface area contributed by atoms with Crippen LogP contribution >= 0.6 is 0 Å². The number of nitrogens with one attached hydrogen (secondary N) is 1. The number of para-hydroxylation sites is 1. The van der Waals surface area contributed by atoms with Crippen molar-refractivity contribution in [3.63, 3.8) is 0 Å². The quantitative estimate of drug-likeness (QED) is 0.921. The summed E-state index contributed by atoms with van der Waals surface area (Å²) in [5.74, 6) is 1.76. The third-order valence-corrected chi connectivity index (χ3v) is 3.60. The third kappa shape index (κ3) is 2.66. The Morgan fingerprint density at radius 3 is 2.35 bits per heavy atom. The van der Waals surface area contributed by atoms with Crippen molar-refractivity contribution in [3.8, 4) is 0 Å². The summed E-state index contributed by atoms with van der Waals surface area (Å²) in [5.41, 5.74) is 1.29. The number of piperazine rings is 1. The first-order valence-electron chi connectivity index (χ1n) is 6.91. The molecule has 1 aliphatic rings. The van der Waals surface area contributed by atoms with Crippen molar-refractivity contribution < 1.29 is 0 Å². The fraction of sp³-hybridized carbons (Fsp3) is 0.333. The fourth-order valence-electron chi connectivity index (χ4n) is 2.46. The van der Waals surface area contributed by atoms with Crippen molar-refractivity contribution in [2.24, 2.45) is 0 Å². The third-order valence-electron chi connectivity index (χ3n) is 3.60. The number of nitrogens with zero attached hydrogens (tertiary/aromatic N) is 4. The lowest BCUT2D eigenvalue weighted by Crippen LogP contribution is -2.46. The van der Waals surface area contributed by atoms with E-state index in [9.17, 15) is 0 Å². The van der Waals surface area contributed by atoms with Crippen LogP contribution in [0.25, 0.3) is 0 Å². The van der Waals surface area contributed by atoms with Crippen LogP contribution in [0.3, 0.4) is 0 Å². The van der Waals surface area contributed by atoms with Crippen molar-refractivity contribution in [1.29, 1.82) is 0 Å². The topological polar surface area (TPSA) is 44.3 Å². The van der Waals surface area contributed by atoms with Gasteiger partial charge >= 0.3 is 0 Å². The molecule has 3 rings (SSSR count). The van der Waals surface area contributed by atoms with E-state index >= 15 is 0 Å². The monoisotopic (exact) mass is 269 g/mol. The minimum absolute atomic E-state index is 0.813. The SMILES string of the molecule is CNc1cncc(N2CCN(c3ccccc3)CC2)n1. The second-order valence-corrected chi connectivity index (χ2v) is 4.82. The van der Waals surface area contributed by atoms with E-state index in [2.05, 4.69) is 55.4 Å². The molecular formula is C15H19N5. The number of benzene rings is 1. The van der Waals surface area contributed by atoms with Gasteiger partial charge in [0.2, 0.25) is 0 Å². The zero-order chi connectivity index (χ0) is 13.8. The maximum atomic E-state index is 4.55. The molecule has 1 saturated heterocycles. The minimum Gasteiger partial charge on any atom is -0.372 e. The summed E-state index contributed by atoms with van der Waals surface area (Å²) in [6, 6.07) is 10.6. The van der Waals surface area contributed by atoms with Gasteiger partial charge in [-0.25, -0.2) is 4.98 Å². The van der Waals surface area contributed by atoms with Crippen LogP contribution in [0.15, 0.2) is 42.7 Å². The lowest BCUT2D eigenvalue weighted by Gasteiger charge is -2.36. The molecule has 1 aromatic carbocycles. The number of anilines is 3. The summed E-state index contributed by atoms with van der Waals surface area (Å²) in [6.07, 6.45) is 3.57. The van der Waals surface area contributed by atoms with Crippen molar-refractivity contribution in [2.45, 2.75) is 0 Å². The van der Waals surface area contributed by atoms with Crippen LogP contribution in [0.1, 0.15) is 0 Å². The van der Waals surface area contributed by atoms with Gasteiger partial charge in [0, 0.05) is 38.9 Å². The van der Waals surface area contributed by atoms with E-state index in [1.807, 2.05) is 13.2 Å². The molecule has 0 aliphatic carbocycles. The summed E-state index contributed by atoms with van der Waals surface area (Å²) in [7, 11) is 1.86. The number of hydrogen-bond acceptors (Lipinski definition) is 5. The zero-order valence-electron chi connectivity index (χ0n) is 11.7. The molecule has 0 unspecified atom stereocenters. The van der Waals surface area contributed by atoms with Crippen LogP contribution in [-0.2, 0) is 0 Å². The first-order valence-corrected chi connectivity index (χ1v) is 6.91. The molecule has 0 radical (unpaired) electrons. The Kier molecular flexibility index (Phi) is 3.67. The van der Waals surface area contributed by atoms with Crippen LogP contribution in [0.2, 0.25) is 0 Å². The standard InChI is InChI=1S/C15H19N5/c1-16-14-11-17-12-15(18-14)20-9-7-19(8-10-20)13-5-3-2-4-6-13/h2-6,11-12H,7-10H2,1H3,(H,16,18). The van der Waals surface area contributed by atoms with Crippen LogP contribution in [-0.4, -0.2) is 43.2 Å². The molecule has 0 amide bonds. The largest absolute Gasteiger partial charge is 0.372 e.